The van der Waals surface area contributed by atoms with E-state index >= 15 is 0 Å². The summed E-state index contributed by atoms with van der Waals surface area (Å²) in [5.74, 6) is 0.554. The molecule has 38 heavy (non-hydrogen) atoms. The maximum atomic E-state index is 13.1. The Morgan fingerprint density at radius 1 is 0.658 bits per heavy atom. The fourth-order valence-electron chi connectivity index (χ4n) is 5.27. The van der Waals surface area contributed by atoms with E-state index in [1.807, 2.05) is 58.3 Å². The van der Waals surface area contributed by atoms with Crippen LogP contribution in [-0.2, 0) is 10.3 Å². The predicted molar refractivity (Wildman–Crippen MR) is 144 cm³/mol. The van der Waals surface area contributed by atoms with Crippen LogP contribution in [-0.4, -0.2) is 79.0 Å². The van der Waals surface area contributed by atoms with Gasteiger partial charge in [-0.25, -0.2) is 4.79 Å². The first-order chi connectivity index (χ1) is 18.1. The molecule has 0 saturated carbocycles. The van der Waals surface area contributed by atoms with Gasteiger partial charge in [0.15, 0.2) is 5.60 Å². The molecule has 5 rings (SSSR count). The maximum absolute atomic E-state index is 13.1. The van der Waals surface area contributed by atoms with Gasteiger partial charge in [0.2, 0.25) is 0 Å². The molecular weight excluding hydrogens is 488 g/mol. The van der Waals surface area contributed by atoms with Crippen molar-refractivity contribution in [2.45, 2.75) is 13.0 Å². The summed E-state index contributed by atoms with van der Waals surface area (Å²) in [5.41, 5.74) is 2.82. The summed E-state index contributed by atoms with van der Waals surface area (Å²) in [6.45, 7) is 1.02. The second-order valence-corrected chi connectivity index (χ2v) is 8.95. The topological polar surface area (TPSA) is 123 Å². The molecule has 0 aromatic heterocycles. The van der Waals surface area contributed by atoms with Crippen molar-refractivity contribution >= 4 is 17.3 Å². The number of rotatable bonds is 10. The number of aliphatic hydroxyl groups excluding tert-OH is 4. The molecule has 3 aromatic rings. The van der Waals surface area contributed by atoms with Crippen LogP contribution in [0.5, 0.6) is 11.5 Å². The van der Waals surface area contributed by atoms with Gasteiger partial charge in [0, 0.05) is 66.4 Å². The van der Waals surface area contributed by atoms with Gasteiger partial charge < -0.3 is 39.7 Å². The lowest BCUT2D eigenvalue weighted by molar-refractivity contribution is 0.0224. The average Bonchev–Trinajstić information content (AvgIpc) is 3.21. The number of carbonyl (C=O) groups is 1. The van der Waals surface area contributed by atoms with Gasteiger partial charge in [0.05, 0.1) is 32.0 Å². The summed E-state index contributed by atoms with van der Waals surface area (Å²) in [6, 6.07) is 18.4. The monoisotopic (exact) mass is 522 g/mol. The zero-order chi connectivity index (χ0) is 26.0. The molecule has 0 amide bonds. The third-order valence-electron chi connectivity index (χ3n) is 6.89. The Labute approximate surface area is 222 Å². The summed E-state index contributed by atoms with van der Waals surface area (Å²) in [6.07, 6.45) is 0. The highest BCUT2D eigenvalue weighted by Gasteiger charge is 2.53. The number of hydrogen-bond donors (Lipinski definition) is 4. The standard InChI is InChI=1S/C28H30N2O7.CH4/c31-13-9-29(10-14-32)19-5-7-23-25(17-19)36-26-18-20(30(11-15-33)12-16-34)6-8-24(26)28(23)22-4-2-1-3-21(22)27(35)37-28;/h1-8,17-18,31-34H,9-16H2;1H4. The molecule has 0 saturated heterocycles. The van der Waals surface area contributed by atoms with Crippen LogP contribution in [0, 0.1) is 0 Å². The Morgan fingerprint density at radius 3 is 1.61 bits per heavy atom. The molecule has 4 N–H and O–H groups in total. The highest BCUT2D eigenvalue weighted by molar-refractivity contribution is 5.97. The summed E-state index contributed by atoms with van der Waals surface area (Å²) in [7, 11) is 0. The smallest absolute Gasteiger partial charge is 0.340 e. The zero-order valence-corrected chi connectivity index (χ0v) is 20.3. The minimum atomic E-state index is -1.22. The number of ether oxygens (including phenoxy) is 2. The maximum Gasteiger partial charge on any atom is 0.340 e. The van der Waals surface area contributed by atoms with Gasteiger partial charge >= 0.3 is 5.97 Å². The Kier molecular flexibility index (Phi) is 8.23. The van der Waals surface area contributed by atoms with Crippen LogP contribution in [0.3, 0.4) is 0 Å². The summed E-state index contributed by atoms with van der Waals surface area (Å²) >= 11 is 0. The minimum Gasteiger partial charge on any atom is -0.456 e. The van der Waals surface area contributed by atoms with Crippen molar-refractivity contribution in [3.8, 4) is 11.5 Å². The normalized spacial score (nSPS) is 14.1. The van der Waals surface area contributed by atoms with Crippen molar-refractivity contribution in [2.24, 2.45) is 0 Å². The van der Waals surface area contributed by atoms with Gasteiger partial charge in [-0.2, -0.15) is 0 Å². The molecule has 3 aromatic carbocycles. The minimum absolute atomic E-state index is 0. The van der Waals surface area contributed by atoms with E-state index in [9.17, 15) is 25.2 Å². The van der Waals surface area contributed by atoms with Crippen molar-refractivity contribution < 1.29 is 34.7 Å². The van der Waals surface area contributed by atoms with Crippen LogP contribution in [0.1, 0.15) is 34.5 Å². The van der Waals surface area contributed by atoms with Crippen molar-refractivity contribution in [1.29, 1.82) is 0 Å². The first kappa shape index (κ1) is 27.4. The number of fused-ring (bicyclic) bond motifs is 6. The van der Waals surface area contributed by atoms with E-state index < -0.39 is 11.6 Å². The Balaban J connectivity index is 0.00000336. The van der Waals surface area contributed by atoms with Gasteiger partial charge in [-0.3, -0.25) is 0 Å². The van der Waals surface area contributed by atoms with Crippen LogP contribution >= 0.6 is 0 Å². The number of hydrogen-bond acceptors (Lipinski definition) is 9. The number of carbonyl (C=O) groups excluding carboxylic acids is 1. The fraction of sp³-hybridized carbons (Fsp3) is 0.345. The molecule has 1 spiro atoms. The van der Waals surface area contributed by atoms with E-state index in [0.29, 0.717) is 54.4 Å². The van der Waals surface area contributed by atoms with Gasteiger partial charge in [-0.05, 0) is 30.3 Å². The van der Waals surface area contributed by atoms with Crippen molar-refractivity contribution in [2.75, 3.05) is 62.4 Å². The number of aliphatic hydroxyl groups is 4. The van der Waals surface area contributed by atoms with E-state index in [1.165, 1.54) is 0 Å². The van der Waals surface area contributed by atoms with Crippen molar-refractivity contribution in [3.63, 3.8) is 0 Å². The fourth-order valence-corrected chi connectivity index (χ4v) is 5.27. The lowest BCUT2D eigenvalue weighted by Gasteiger charge is -2.38. The van der Waals surface area contributed by atoms with E-state index in [-0.39, 0.29) is 33.9 Å². The van der Waals surface area contributed by atoms with Crippen LogP contribution in [0.2, 0.25) is 0 Å². The molecule has 0 aliphatic carbocycles. The number of benzene rings is 3. The molecule has 2 aliphatic rings. The largest absolute Gasteiger partial charge is 0.456 e. The molecule has 0 radical (unpaired) electrons. The van der Waals surface area contributed by atoms with Crippen LogP contribution in [0.4, 0.5) is 11.4 Å². The molecule has 0 atom stereocenters. The summed E-state index contributed by atoms with van der Waals surface area (Å²) in [4.78, 5) is 16.8. The highest BCUT2D eigenvalue weighted by Crippen LogP contribution is 2.57. The molecule has 2 heterocycles. The number of esters is 1. The SMILES string of the molecule is C.O=C1OC2(c3ccc(N(CCO)CCO)cc3Oc3cc(N(CCO)CCO)ccc32)c2ccccc21. The van der Waals surface area contributed by atoms with Crippen LogP contribution < -0.4 is 14.5 Å². The first-order valence-corrected chi connectivity index (χ1v) is 12.3. The van der Waals surface area contributed by atoms with E-state index in [4.69, 9.17) is 9.47 Å². The second-order valence-electron chi connectivity index (χ2n) is 8.95. The first-order valence-electron chi connectivity index (χ1n) is 12.3. The van der Waals surface area contributed by atoms with Gasteiger partial charge in [-0.15, -0.1) is 0 Å². The quantitative estimate of drug-likeness (QED) is 0.297. The number of anilines is 2. The third-order valence-corrected chi connectivity index (χ3v) is 6.89. The van der Waals surface area contributed by atoms with Gasteiger partial charge in [0.1, 0.15) is 11.5 Å². The Morgan fingerprint density at radius 2 is 1.13 bits per heavy atom. The average molecular weight is 523 g/mol. The second kappa shape index (κ2) is 11.4. The molecule has 9 heteroatoms. The molecule has 0 bridgehead atoms. The highest BCUT2D eigenvalue weighted by atomic mass is 16.6. The van der Waals surface area contributed by atoms with Gasteiger partial charge in [-0.1, -0.05) is 25.6 Å². The lowest BCUT2D eigenvalue weighted by Crippen LogP contribution is -2.34. The molecule has 202 valence electrons. The van der Waals surface area contributed by atoms with Crippen LogP contribution in [0.25, 0.3) is 0 Å². The lowest BCUT2D eigenvalue weighted by atomic mass is 9.77. The van der Waals surface area contributed by atoms with E-state index in [0.717, 1.165) is 16.9 Å². The van der Waals surface area contributed by atoms with E-state index in [1.54, 1.807) is 12.1 Å². The predicted octanol–water partition coefficient (Wildman–Crippen LogP) is 2.47. The summed E-state index contributed by atoms with van der Waals surface area (Å²) in [5, 5.41) is 38.1. The van der Waals surface area contributed by atoms with Crippen LogP contribution in [0.15, 0.2) is 60.7 Å². The van der Waals surface area contributed by atoms with E-state index in [2.05, 4.69) is 0 Å². The third kappa shape index (κ3) is 4.48. The molecule has 9 nitrogen and oxygen atoms in total. The van der Waals surface area contributed by atoms with Crippen molar-refractivity contribution in [1.82, 2.24) is 0 Å². The Bertz CT molecular complexity index is 1220. The number of nitrogens with zero attached hydrogens (tertiary/aromatic N) is 2. The molecule has 0 unspecified atom stereocenters. The Hall–Kier alpha value is -3.63. The molecular formula is C29H34N2O7. The zero-order valence-electron chi connectivity index (χ0n) is 20.3. The van der Waals surface area contributed by atoms with Crippen molar-refractivity contribution in [3.05, 3.63) is 82.9 Å². The molecule has 2 aliphatic heterocycles. The van der Waals surface area contributed by atoms with Gasteiger partial charge in [0.25, 0.3) is 0 Å². The summed E-state index contributed by atoms with van der Waals surface area (Å²) < 4.78 is 12.6. The molecule has 0 fully saturated rings.